The zero-order valence-corrected chi connectivity index (χ0v) is 18.9. The van der Waals surface area contributed by atoms with Crippen molar-refractivity contribution in [3.8, 4) is 5.75 Å². The van der Waals surface area contributed by atoms with Crippen molar-refractivity contribution < 1.29 is 14.3 Å². The molecule has 2 aromatic carbocycles. The summed E-state index contributed by atoms with van der Waals surface area (Å²) in [4.78, 5) is 27.0. The molecule has 1 heterocycles. The predicted octanol–water partition coefficient (Wildman–Crippen LogP) is 4.97. The molecular weight excluding hydrogens is 420 g/mol. The summed E-state index contributed by atoms with van der Waals surface area (Å²) in [5, 5.41) is 3.07. The van der Waals surface area contributed by atoms with Gasteiger partial charge in [-0.3, -0.25) is 19.8 Å². The highest BCUT2D eigenvalue weighted by atomic mass is 35.5. The first kappa shape index (κ1) is 22.0. The fraction of sp³-hybridized carbons (Fsp3) is 0.261. The average Bonchev–Trinajstić information content (AvgIpc) is 2.68. The van der Waals surface area contributed by atoms with E-state index >= 15 is 0 Å². The fourth-order valence-corrected chi connectivity index (χ4v) is 3.61. The molecule has 0 aromatic heterocycles. The van der Waals surface area contributed by atoms with Gasteiger partial charge in [-0.05, 0) is 74.8 Å². The van der Waals surface area contributed by atoms with Crippen molar-refractivity contribution in [1.29, 1.82) is 0 Å². The highest BCUT2D eigenvalue weighted by molar-refractivity contribution is 7.80. The third-order valence-electron chi connectivity index (χ3n) is 4.86. The summed E-state index contributed by atoms with van der Waals surface area (Å²) in [5.74, 6) is -0.459. The number of nitrogens with one attached hydrogen (secondary N) is 1. The van der Waals surface area contributed by atoms with Gasteiger partial charge < -0.3 is 4.74 Å². The van der Waals surface area contributed by atoms with E-state index in [1.165, 1.54) is 11.0 Å². The Balaban J connectivity index is 1.95. The number of ether oxygens (including phenoxy) is 1. The van der Waals surface area contributed by atoms with Gasteiger partial charge in [0.25, 0.3) is 11.8 Å². The summed E-state index contributed by atoms with van der Waals surface area (Å²) in [5.41, 5.74) is 3.19. The van der Waals surface area contributed by atoms with Crippen LogP contribution in [-0.2, 0) is 9.59 Å². The van der Waals surface area contributed by atoms with Crippen molar-refractivity contribution in [3.05, 3.63) is 63.7 Å². The Morgan fingerprint density at radius 2 is 1.93 bits per heavy atom. The van der Waals surface area contributed by atoms with Crippen molar-refractivity contribution in [1.82, 2.24) is 5.32 Å². The minimum atomic E-state index is -0.540. The van der Waals surface area contributed by atoms with E-state index in [-0.39, 0.29) is 16.8 Å². The van der Waals surface area contributed by atoms with E-state index in [4.69, 9.17) is 28.6 Å². The lowest BCUT2D eigenvalue weighted by Crippen LogP contribution is -2.54. The van der Waals surface area contributed by atoms with Crippen LogP contribution in [0.4, 0.5) is 5.69 Å². The molecule has 0 spiro atoms. The number of hydrogen-bond donors (Lipinski definition) is 1. The van der Waals surface area contributed by atoms with Gasteiger partial charge in [0.2, 0.25) is 0 Å². The number of hydrogen-bond acceptors (Lipinski definition) is 4. The van der Waals surface area contributed by atoms with Crippen LogP contribution < -0.4 is 15.0 Å². The molecule has 0 saturated carbocycles. The summed E-state index contributed by atoms with van der Waals surface area (Å²) < 4.78 is 5.77. The molecule has 156 valence electrons. The number of benzene rings is 2. The molecule has 2 amide bonds. The zero-order valence-electron chi connectivity index (χ0n) is 17.3. The molecular formula is C23H23ClN2O3S. The van der Waals surface area contributed by atoms with Crippen LogP contribution in [0.2, 0.25) is 5.02 Å². The Hall–Kier alpha value is -2.70. The Labute approximate surface area is 186 Å². The SMILES string of the molecule is CC[C@@H](C)Oc1ccc(/C=C2\C(=O)NC(=S)N(c3ccc(C)cc3C)C2=O)cc1Cl. The van der Waals surface area contributed by atoms with E-state index in [9.17, 15) is 9.59 Å². The first-order valence-corrected chi connectivity index (χ1v) is 10.4. The molecule has 0 unspecified atom stereocenters. The van der Waals surface area contributed by atoms with Gasteiger partial charge in [-0.15, -0.1) is 0 Å². The van der Waals surface area contributed by atoms with E-state index in [1.54, 1.807) is 18.2 Å². The average molecular weight is 443 g/mol. The monoisotopic (exact) mass is 442 g/mol. The smallest absolute Gasteiger partial charge is 0.270 e. The second kappa shape index (κ2) is 8.98. The van der Waals surface area contributed by atoms with Crippen molar-refractivity contribution >= 4 is 52.5 Å². The van der Waals surface area contributed by atoms with Crippen LogP contribution in [0, 0.1) is 13.8 Å². The highest BCUT2D eigenvalue weighted by Gasteiger charge is 2.35. The number of amides is 2. The Morgan fingerprint density at radius 1 is 1.20 bits per heavy atom. The van der Waals surface area contributed by atoms with Crippen LogP contribution in [-0.4, -0.2) is 23.0 Å². The molecule has 2 aromatic rings. The lowest BCUT2D eigenvalue weighted by Gasteiger charge is -2.30. The number of thiocarbonyl (C=S) groups is 1. The van der Waals surface area contributed by atoms with Gasteiger partial charge in [0, 0.05) is 0 Å². The number of carbonyl (C=O) groups excluding carboxylic acids is 2. The third kappa shape index (κ3) is 4.55. The molecule has 0 aliphatic carbocycles. The van der Waals surface area contributed by atoms with E-state index < -0.39 is 11.8 Å². The maximum Gasteiger partial charge on any atom is 0.270 e. The summed E-state index contributed by atoms with van der Waals surface area (Å²) in [6.45, 7) is 7.85. The van der Waals surface area contributed by atoms with E-state index in [0.717, 1.165) is 17.5 Å². The number of carbonyl (C=O) groups is 2. The van der Waals surface area contributed by atoms with Crippen LogP contribution in [0.25, 0.3) is 6.08 Å². The lowest BCUT2D eigenvalue weighted by molar-refractivity contribution is -0.122. The Morgan fingerprint density at radius 3 is 2.57 bits per heavy atom. The quantitative estimate of drug-likeness (QED) is 0.403. The Bertz CT molecular complexity index is 1060. The van der Waals surface area contributed by atoms with Gasteiger partial charge in [0.05, 0.1) is 16.8 Å². The van der Waals surface area contributed by atoms with Crippen molar-refractivity contribution in [3.63, 3.8) is 0 Å². The van der Waals surface area contributed by atoms with E-state index in [1.807, 2.05) is 45.9 Å². The first-order chi connectivity index (χ1) is 14.2. The van der Waals surface area contributed by atoms with Gasteiger partial charge in [0.15, 0.2) is 5.11 Å². The molecule has 1 aliphatic heterocycles. The number of anilines is 1. The summed E-state index contributed by atoms with van der Waals surface area (Å²) in [7, 11) is 0. The van der Waals surface area contributed by atoms with Crippen LogP contribution in [0.5, 0.6) is 5.75 Å². The molecule has 7 heteroatoms. The fourth-order valence-electron chi connectivity index (χ4n) is 3.10. The largest absolute Gasteiger partial charge is 0.489 e. The molecule has 5 nitrogen and oxygen atoms in total. The maximum absolute atomic E-state index is 13.2. The second-order valence-corrected chi connectivity index (χ2v) is 8.07. The summed E-state index contributed by atoms with van der Waals surface area (Å²) >= 11 is 11.6. The minimum absolute atomic E-state index is 0.0183. The molecule has 1 atom stereocenters. The molecule has 30 heavy (non-hydrogen) atoms. The zero-order chi connectivity index (χ0) is 22.0. The highest BCUT2D eigenvalue weighted by Crippen LogP contribution is 2.29. The van der Waals surface area contributed by atoms with Gasteiger partial charge in [0.1, 0.15) is 11.3 Å². The predicted molar refractivity (Wildman–Crippen MR) is 124 cm³/mol. The summed E-state index contributed by atoms with van der Waals surface area (Å²) in [6.07, 6.45) is 2.39. The molecule has 1 N–H and O–H groups in total. The summed E-state index contributed by atoms with van der Waals surface area (Å²) in [6, 6.07) is 10.8. The van der Waals surface area contributed by atoms with Crippen LogP contribution in [0.1, 0.15) is 37.0 Å². The van der Waals surface area contributed by atoms with Crippen LogP contribution in [0.3, 0.4) is 0 Å². The molecule has 3 rings (SSSR count). The molecule has 0 bridgehead atoms. The minimum Gasteiger partial charge on any atom is -0.489 e. The van der Waals surface area contributed by atoms with Crippen LogP contribution in [0.15, 0.2) is 42.0 Å². The van der Waals surface area contributed by atoms with Crippen molar-refractivity contribution in [2.75, 3.05) is 4.90 Å². The Kier molecular flexibility index (Phi) is 6.58. The number of rotatable bonds is 5. The standard InChI is InChI=1S/C23H23ClN2O3S/c1-5-15(4)29-20-9-7-16(12-18(20)24)11-17-21(27)25-23(30)26(22(17)28)19-8-6-13(2)10-14(19)3/h6-12,15H,5H2,1-4H3,(H,25,27,30)/b17-11+/t15-/m1/s1. The molecule has 1 saturated heterocycles. The van der Waals surface area contributed by atoms with Gasteiger partial charge in [-0.1, -0.05) is 42.3 Å². The number of aryl methyl sites for hydroxylation is 2. The number of nitrogens with zero attached hydrogens (tertiary/aromatic N) is 1. The normalized spacial score (nSPS) is 16.6. The topological polar surface area (TPSA) is 58.6 Å². The van der Waals surface area contributed by atoms with E-state index in [0.29, 0.717) is 22.0 Å². The molecule has 1 fully saturated rings. The third-order valence-corrected chi connectivity index (χ3v) is 5.44. The molecule has 0 radical (unpaired) electrons. The van der Waals surface area contributed by atoms with Gasteiger partial charge in [-0.2, -0.15) is 0 Å². The van der Waals surface area contributed by atoms with Gasteiger partial charge >= 0.3 is 0 Å². The second-order valence-electron chi connectivity index (χ2n) is 7.27. The first-order valence-electron chi connectivity index (χ1n) is 9.66. The van der Waals surface area contributed by atoms with Gasteiger partial charge in [-0.25, -0.2) is 0 Å². The lowest BCUT2D eigenvalue weighted by atomic mass is 10.0. The van der Waals surface area contributed by atoms with Crippen molar-refractivity contribution in [2.24, 2.45) is 0 Å². The molecule has 1 aliphatic rings. The maximum atomic E-state index is 13.2. The van der Waals surface area contributed by atoms with E-state index in [2.05, 4.69) is 5.32 Å². The van der Waals surface area contributed by atoms with Crippen LogP contribution >= 0.6 is 23.8 Å². The van der Waals surface area contributed by atoms with Crippen molar-refractivity contribution in [2.45, 2.75) is 40.2 Å². The number of halogens is 1.